The van der Waals surface area contributed by atoms with Gasteiger partial charge in [-0.3, -0.25) is 4.79 Å². The number of carbonyl (C=O) groups excluding carboxylic acids is 1. The first kappa shape index (κ1) is 20.7. The predicted octanol–water partition coefficient (Wildman–Crippen LogP) is 4.87. The molecule has 1 saturated heterocycles. The van der Waals surface area contributed by atoms with Crippen LogP contribution in [0.2, 0.25) is 0 Å². The maximum Gasteiger partial charge on any atom is 0.234 e. The minimum absolute atomic E-state index is 0.0419. The van der Waals surface area contributed by atoms with Crippen molar-refractivity contribution in [2.75, 3.05) is 34.4 Å². The van der Waals surface area contributed by atoms with Gasteiger partial charge in [0.25, 0.3) is 0 Å². The van der Waals surface area contributed by atoms with E-state index in [0.717, 1.165) is 28.2 Å². The Morgan fingerprint density at radius 3 is 2.53 bits per heavy atom. The van der Waals surface area contributed by atoms with Crippen LogP contribution in [0.25, 0.3) is 0 Å². The van der Waals surface area contributed by atoms with Crippen molar-refractivity contribution in [3.63, 3.8) is 0 Å². The number of amides is 1. The Hall–Kier alpha value is -2.58. The van der Waals surface area contributed by atoms with Gasteiger partial charge in [-0.05, 0) is 49.1 Å². The molecule has 30 heavy (non-hydrogen) atoms. The summed E-state index contributed by atoms with van der Waals surface area (Å²) in [4.78, 5) is 14.7. The fourth-order valence-corrected chi connectivity index (χ4v) is 4.89. The van der Waals surface area contributed by atoms with Crippen LogP contribution in [0.3, 0.4) is 0 Å². The fraction of sp³-hybridized carbons (Fsp3) is 0.318. The molecule has 6 nitrogen and oxygen atoms in total. The highest BCUT2D eigenvalue weighted by Crippen LogP contribution is 2.26. The molecule has 2 heterocycles. The van der Waals surface area contributed by atoms with Crippen molar-refractivity contribution < 1.29 is 4.79 Å². The monoisotopic (exact) mass is 439 g/mol. The van der Waals surface area contributed by atoms with Gasteiger partial charge in [0.1, 0.15) is 0 Å². The maximum absolute atomic E-state index is 12.3. The molecule has 0 saturated carbocycles. The summed E-state index contributed by atoms with van der Waals surface area (Å²) >= 11 is 2.86. The third-order valence-corrected chi connectivity index (χ3v) is 6.91. The van der Waals surface area contributed by atoms with Crippen LogP contribution >= 0.6 is 23.1 Å². The average molecular weight is 440 g/mol. The molecule has 0 spiro atoms. The first-order valence-electron chi connectivity index (χ1n) is 10.2. The van der Waals surface area contributed by atoms with E-state index in [1.54, 1.807) is 0 Å². The Morgan fingerprint density at radius 1 is 1.00 bits per heavy atom. The van der Waals surface area contributed by atoms with Crippen LogP contribution in [-0.4, -0.2) is 34.9 Å². The summed E-state index contributed by atoms with van der Waals surface area (Å²) in [5, 5.41) is 15.3. The van der Waals surface area contributed by atoms with Crippen LogP contribution in [0.5, 0.6) is 0 Å². The summed E-state index contributed by atoms with van der Waals surface area (Å²) in [6.07, 6.45) is 3.83. The van der Waals surface area contributed by atoms with Gasteiger partial charge in [0.15, 0.2) is 4.34 Å². The number of hydrogen-bond acceptors (Lipinski definition) is 7. The van der Waals surface area contributed by atoms with E-state index in [-0.39, 0.29) is 5.91 Å². The van der Waals surface area contributed by atoms with E-state index >= 15 is 0 Å². The molecule has 2 aromatic carbocycles. The number of nitrogens with one attached hydrogen (secondary N) is 2. The second-order valence-electron chi connectivity index (χ2n) is 7.14. The Balaban J connectivity index is 1.21. The van der Waals surface area contributed by atoms with Crippen molar-refractivity contribution in [1.82, 2.24) is 10.2 Å². The van der Waals surface area contributed by atoms with Crippen molar-refractivity contribution in [2.24, 2.45) is 0 Å². The van der Waals surface area contributed by atoms with Gasteiger partial charge in [0.2, 0.25) is 11.0 Å². The van der Waals surface area contributed by atoms with E-state index in [1.807, 2.05) is 30.3 Å². The second kappa shape index (κ2) is 10.4. The zero-order valence-electron chi connectivity index (χ0n) is 16.7. The van der Waals surface area contributed by atoms with Crippen LogP contribution in [0.15, 0.2) is 58.9 Å². The van der Waals surface area contributed by atoms with Gasteiger partial charge in [0, 0.05) is 31.0 Å². The van der Waals surface area contributed by atoms with Gasteiger partial charge in [-0.15, -0.1) is 10.2 Å². The molecule has 156 valence electrons. The molecule has 0 aliphatic carbocycles. The number of benzene rings is 2. The molecule has 0 atom stereocenters. The summed E-state index contributed by atoms with van der Waals surface area (Å²) in [7, 11) is 0. The molecule has 1 aromatic heterocycles. The topological polar surface area (TPSA) is 70.1 Å². The van der Waals surface area contributed by atoms with Crippen molar-refractivity contribution >= 4 is 45.5 Å². The van der Waals surface area contributed by atoms with Crippen LogP contribution in [-0.2, 0) is 11.3 Å². The van der Waals surface area contributed by atoms with Gasteiger partial charge >= 0.3 is 0 Å². The molecule has 1 aliphatic heterocycles. The SMILES string of the molecule is O=C(CSc1nnc(NCc2ccccc2)s1)Nc1ccc(N2CCCCC2)cc1. The molecule has 2 N–H and O–H groups in total. The zero-order chi connectivity index (χ0) is 20.6. The smallest absolute Gasteiger partial charge is 0.234 e. The maximum atomic E-state index is 12.3. The van der Waals surface area contributed by atoms with Crippen molar-refractivity contribution in [3.8, 4) is 0 Å². The van der Waals surface area contributed by atoms with Crippen LogP contribution in [0.4, 0.5) is 16.5 Å². The minimum atomic E-state index is -0.0419. The fourth-order valence-electron chi connectivity index (χ4n) is 3.35. The molecule has 4 rings (SSSR count). The molecule has 8 heteroatoms. The van der Waals surface area contributed by atoms with E-state index in [9.17, 15) is 4.79 Å². The Kier molecular flexibility index (Phi) is 7.20. The lowest BCUT2D eigenvalue weighted by atomic mass is 10.1. The van der Waals surface area contributed by atoms with Gasteiger partial charge in [0.05, 0.1) is 5.75 Å². The van der Waals surface area contributed by atoms with E-state index in [1.165, 1.54) is 53.6 Å². The lowest BCUT2D eigenvalue weighted by molar-refractivity contribution is -0.113. The molecule has 0 bridgehead atoms. The number of thioether (sulfide) groups is 1. The van der Waals surface area contributed by atoms with Crippen LogP contribution in [0, 0.1) is 0 Å². The van der Waals surface area contributed by atoms with E-state index in [0.29, 0.717) is 12.3 Å². The van der Waals surface area contributed by atoms with Crippen LogP contribution < -0.4 is 15.5 Å². The summed E-state index contributed by atoms with van der Waals surface area (Å²) in [6, 6.07) is 18.3. The molecule has 0 unspecified atom stereocenters. The lowest BCUT2D eigenvalue weighted by Gasteiger charge is -2.28. The minimum Gasteiger partial charge on any atom is -0.372 e. The first-order chi connectivity index (χ1) is 14.8. The molecule has 1 amide bonds. The number of rotatable bonds is 8. The third kappa shape index (κ3) is 5.96. The van der Waals surface area contributed by atoms with E-state index in [2.05, 4.69) is 50.0 Å². The van der Waals surface area contributed by atoms with Gasteiger partial charge in [-0.2, -0.15) is 0 Å². The molecule has 3 aromatic rings. The Bertz CT molecular complexity index is 940. The third-order valence-electron chi connectivity index (χ3n) is 4.89. The van der Waals surface area contributed by atoms with Gasteiger partial charge in [-0.1, -0.05) is 53.4 Å². The first-order valence-corrected chi connectivity index (χ1v) is 12.0. The highest BCUT2D eigenvalue weighted by molar-refractivity contribution is 8.01. The van der Waals surface area contributed by atoms with Crippen LogP contribution in [0.1, 0.15) is 24.8 Å². The van der Waals surface area contributed by atoms with E-state index in [4.69, 9.17) is 0 Å². The zero-order valence-corrected chi connectivity index (χ0v) is 18.3. The molecule has 0 radical (unpaired) electrons. The van der Waals surface area contributed by atoms with Gasteiger partial charge < -0.3 is 15.5 Å². The lowest BCUT2D eigenvalue weighted by Crippen LogP contribution is -2.29. The Labute approximate surface area is 185 Å². The molecule has 1 fully saturated rings. The number of piperidine rings is 1. The molecule has 1 aliphatic rings. The van der Waals surface area contributed by atoms with Crippen molar-refractivity contribution in [3.05, 3.63) is 60.2 Å². The number of carbonyl (C=O) groups is 1. The highest BCUT2D eigenvalue weighted by atomic mass is 32.2. The summed E-state index contributed by atoms with van der Waals surface area (Å²) in [5.41, 5.74) is 3.24. The average Bonchev–Trinajstić information content (AvgIpc) is 3.26. The highest BCUT2D eigenvalue weighted by Gasteiger charge is 2.12. The second-order valence-corrected chi connectivity index (χ2v) is 9.34. The quantitative estimate of drug-likeness (QED) is 0.488. The summed E-state index contributed by atoms with van der Waals surface area (Å²) in [6.45, 7) is 2.94. The largest absolute Gasteiger partial charge is 0.372 e. The molecular formula is C22H25N5OS2. The Morgan fingerprint density at radius 2 is 1.77 bits per heavy atom. The van der Waals surface area contributed by atoms with E-state index < -0.39 is 0 Å². The standard InChI is InChI=1S/C22H25N5OS2/c28-20(24-18-9-11-19(12-10-18)27-13-5-2-6-14-27)16-29-22-26-25-21(30-22)23-15-17-7-3-1-4-8-17/h1,3-4,7-12H,2,5-6,13-16H2,(H,23,25)(H,24,28). The number of nitrogens with zero attached hydrogens (tertiary/aromatic N) is 3. The van der Waals surface area contributed by atoms with Crippen molar-refractivity contribution in [2.45, 2.75) is 30.1 Å². The van der Waals surface area contributed by atoms with Crippen molar-refractivity contribution in [1.29, 1.82) is 0 Å². The number of hydrogen-bond donors (Lipinski definition) is 2. The summed E-state index contributed by atoms with van der Waals surface area (Å²) in [5.74, 6) is 0.265. The summed E-state index contributed by atoms with van der Waals surface area (Å²) < 4.78 is 0.779. The normalized spacial score (nSPS) is 13.8. The van der Waals surface area contributed by atoms with Gasteiger partial charge in [-0.25, -0.2) is 0 Å². The number of aromatic nitrogens is 2. The predicted molar refractivity (Wildman–Crippen MR) is 126 cm³/mol. The number of anilines is 3. The molecular weight excluding hydrogens is 414 g/mol.